The molecule has 0 bridgehead atoms. The highest BCUT2D eigenvalue weighted by Crippen LogP contribution is 2.35. The fourth-order valence-electron chi connectivity index (χ4n) is 2.11. The average molecular weight is 306 g/mol. The van der Waals surface area contributed by atoms with Crippen LogP contribution in [0, 0.1) is 5.92 Å². The number of anilines is 1. The zero-order valence-electron chi connectivity index (χ0n) is 12.7. The van der Waals surface area contributed by atoms with Gasteiger partial charge in [-0.3, -0.25) is 9.59 Å². The highest BCUT2D eigenvalue weighted by Gasteiger charge is 2.23. The maximum Gasteiger partial charge on any atom is 0.237 e. The summed E-state index contributed by atoms with van der Waals surface area (Å²) < 4.78 is 0. The van der Waals surface area contributed by atoms with Gasteiger partial charge >= 0.3 is 0 Å². The molecule has 0 aliphatic carbocycles. The van der Waals surface area contributed by atoms with Crippen molar-refractivity contribution in [1.29, 1.82) is 0 Å². The molecular formula is C16H22N2O2S. The summed E-state index contributed by atoms with van der Waals surface area (Å²) in [6, 6.07) is 5.83. The zero-order valence-corrected chi connectivity index (χ0v) is 13.5. The van der Waals surface area contributed by atoms with E-state index in [0.29, 0.717) is 18.9 Å². The molecule has 0 fully saturated rings. The number of hydrogen-bond donors (Lipinski definition) is 2. The van der Waals surface area contributed by atoms with Gasteiger partial charge in [0.25, 0.3) is 0 Å². The third-order valence-corrected chi connectivity index (χ3v) is 4.56. The Balaban J connectivity index is 1.94. The highest BCUT2D eigenvalue weighted by atomic mass is 32.2. The SMILES string of the molecule is CC(C)CCNC(=O)Cc1ccc2c(c1)NC(=O)C(C)S2. The summed E-state index contributed by atoms with van der Waals surface area (Å²) in [7, 11) is 0. The molecule has 2 rings (SSSR count). The van der Waals surface area contributed by atoms with E-state index in [1.165, 1.54) is 0 Å². The molecule has 0 saturated carbocycles. The number of benzene rings is 1. The average Bonchev–Trinajstić information content (AvgIpc) is 2.40. The van der Waals surface area contributed by atoms with Crippen LogP contribution < -0.4 is 10.6 Å². The minimum absolute atomic E-state index is 0.0195. The van der Waals surface area contributed by atoms with Crippen LogP contribution in [-0.4, -0.2) is 23.6 Å². The molecule has 1 aromatic rings. The first-order valence-electron chi connectivity index (χ1n) is 7.33. The van der Waals surface area contributed by atoms with Crippen molar-refractivity contribution in [2.45, 2.75) is 43.8 Å². The number of rotatable bonds is 5. The smallest absolute Gasteiger partial charge is 0.237 e. The predicted octanol–water partition coefficient (Wildman–Crippen LogP) is 2.82. The molecule has 0 radical (unpaired) electrons. The Labute approximate surface area is 130 Å². The minimum atomic E-state index is -0.0670. The second-order valence-electron chi connectivity index (χ2n) is 5.79. The predicted molar refractivity (Wildman–Crippen MR) is 86.6 cm³/mol. The summed E-state index contributed by atoms with van der Waals surface area (Å²) in [5, 5.41) is 5.75. The number of nitrogens with one attached hydrogen (secondary N) is 2. The second kappa shape index (κ2) is 6.98. The third kappa shape index (κ3) is 4.49. The van der Waals surface area contributed by atoms with Gasteiger partial charge in [-0.05, 0) is 37.0 Å². The normalized spacial score (nSPS) is 17.3. The molecule has 0 saturated heterocycles. The van der Waals surface area contributed by atoms with Crippen LogP contribution in [0.4, 0.5) is 5.69 Å². The number of hydrogen-bond acceptors (Lipinski definition) is 3. The summed E-state index contributed by atoms with van der Waals surface area (Å²) in [6.45, 7) is 6.87. The molecule has 114 valence electrons. The van der Waals surface area contributed by atoms with E-state index in [-0.39, 0.29) is 17.1 Å². The van der Waals surface area contributed by atoms with Crippen LogP contribution in [0.5, 0.6) is 0 Å². The molecule has 1 atom stereocenters. The summed E-state index contributed by atoms with van der Waals surface area (Å²) in [5.41, 5.74) is 1.74. The quantitative estimate of drug-likeness (QED) is 0.879. The Bertz CT molecular complexity index is 543. The maximum atomic E-state index is 11.9. The third-order valence-electron chi connectivity index (χ3n) is 3.38. The molecule has 5 heteroatoms. The molecule has 21 heavy (non-hydrogen) atoms. The molecule has 2 N–H and O–H groups in total. The van der Waals surface area contributed by atoms with E-state index in [0.717, 1.165) is 22.6 Å². The van der Waals surface area contributed by atoms with Gasteiger partial charge in [-0.1, -0.05) is 19.9 Å². The first-order valence-corrected chi connectivity index (χ1v) is 8.21. The van der Waals surface area contributed by atoms with Crippen LogP contribution in [-0.2, 0) is 16.0 Å². The fourth-order valence-corrected chi connectivity index (χ4v) is 3.04. The van der Waals surface area contributed by atoms with E-state index in [1.807, 2.05) is 25.1 Å². The lowest BCUT2D eigenvalue weighted by Crippen LogP contribution is -2.28. The Morgan fingerprint density at radius 1 is 1.43 bits per heavy atom. The van der Waals surface area contributed by atoms with Crippen molar-refractivity contribution in [2.75, 3.05) is 11.9 Å². The Morgan fingerprint density at radius 3 is 2.90 bits per heavy atom. The van der Waals surface area contributed by atoms with Crippen LogP contribution >= 0.6 is 11.8 Å². The molecule has 1 aliphatic rings. The van der Waals surface area contributed by atoms with Crippen LogP contribution in [0.2, 0.25) is 0 Å². The van der Waals surface area contributed by atoms with Crippen LogP contribution in [0.1, 0.15) is 32.8 Å². The standard InChI is InChI=1S/C16H22N2O2S/c1-10(2)6-7-17-15(19)9-12-4-5-14-13(8-12)18-16(20)11(3)21-14/h4-5,8,10-11H,6-7,9H2,1-3H3,(H,17,19)(H,18,20). The minimum Gasteiger partial charge on any atom is -0.356 e. The Morgan fingerprint density at radius 2 is 2.19 bits per heavy atom. The largest absolute Gasteiger partial charge is 0.356 e. The number of amides is 2. The van der Waals surface area contributed by atoms with Gasteiger partial charge in [-0.15, -0.1) is 11.8 Å². The monoisotopic (exact) mass is 306 g/mol. The van der Waals surface area contributed by atoms with E-state index in [1.54, 1.807) is 11.8 Å². The number of carbonyl (C=O) groups is 2. The van der Waals surface area contributed by atoms with Crippen molar-refractivity contribution in [3.05, 3.63) is 23.8 Å². The van der Waals surface area contributed by atoms with Gasteiger partial charge in [0.15, 0.2) is 0 Å². The summed E-state index contributed by atoms with van der Waals surface area (Å²) >= 11 is 1.55. The van der Waals surface area contributed by atoms with Gasteiger partial charge in [0.2, 0.25) is 11.8 Å². The first-order chi connectivity index (χ1) is 9.95. The molecule has 1 heterocycles. The Hall–Kier alpha value is -1.49. The Kier molecular flexibility index (Phi) is 5.28. The molecule has 0 aromatic heterocycles. The highest BCUT2D eigenvalue weighted by molar-refractivity contribution is 8.00. The molecular weight excluding hydrogens is 284 g/mol. The number of fused-ring (bicyclic) bond motifs is 1. The van der Waals surface area contributed by atoms with Gasteiger partial charge in [-0.2, -0.15) is 0 Å². The summed E-state index contributed by atoms with van der Waals surface area (Å²) in [5.74, 6) is 0.632. The molecule has 1 unspecified atom stereocenters. The molecule has 1 aliphatic heterocycles. The molecule has 1 aromatic carbocycles. The van der Waals surface area contributed by atoms with Crippen molar-refractivity contribution >= 4 is 29.3 Å². The van der Waals surface area contributed by atoms with E-state index < -0.39 is 0 Å². The topological polar surface area (TPSA) is 58.2 Å². The van der Waals surface area contributed by atoms with Crippen LogP contribution in [0.15, 0.2) is 23.1 Å². The second-order valence-corrected chi connectivity index (χ2v) is 7.17. The lowest BCUT2D eigenvalue weighted by Gasteiger charge is -2.21. The number of thioether (sulfide) groups is 1. The zero-order chi connectivity index (χ0) is 15.4. The van der Waals surface area contributed by atoms with Crippen molar-refractivity contribution < 1.29 is 9.59 Å². The van der Waals surface area contributed by atoms with E-state index in [4.69, 9.17) is 0 Å². The van der Waals surface area contributed by atoms with Gasteiger partial charge in [-0.25, -0.2) is 0 Å². The summed E-state index contributed by atoms with van der Waals surface area (Å²) in [4.78, 5) is 24.6. The molecule has 2 amide bonds. The van der Waals surface area contributed by atoms with Crippen LogP contribution in [0.3, 0.4) is 0 Å². The number of carbonyl (C=O) groups excluding carboxylic acids is 2. The maximum absolute atomic E-state index is 11.9. The molecule has 0 spiro atoms. The van der Waals surface area contributed by atoms with Crippen molar-refractivity contribution in [3.8, 4) is 0 Å². The van der Waals surface area contributed by atoms with Gasteiger partial charge in [0, 0.05) is 11.4 Å². The first kappa shape index (κ1) is 15.9. The molecule has 4 nitrogen and oxygen atoms in total. The van der Waals surface area contributed by atoms with Crippen molar-refractivity contribution in [1.82, 2.24) is 5.32 Å². The van der Waals surface area contributed by atoms with Crippen molar-refractivity contribution in [3.63, 3.8) is 0 Å². The van der Waals surface area contributed by atoms with E-state index >= 15 is 0 Å². The lowest BCUT2D eigenvalue weighted by atomic mass is 10.1. The van der Waals surface area contributed by atoms with E-state index in [2.05, 4.69) is 24.5 Å². The van der Waals surface area contributed by atoms with Crippen molar-refractivity contribution in [2.24, 2.45) is 5.92 Å². The fraction of sp³-hybridized carbons (Fsp3) is 0.500. The van der Waals surface area contributed by atoms with E-state index in [9.17, 15) is 9.59 Å². The summed E-state index contributed by atoms with van der Waals surface area (Å²) in [6.07, 6.45) is 1.34. The van der Waals surface area contributed by atoms with Crippen LogP contribution in [0.25, 0.3) is 0 Å². The van der Waals surface area contributed by atoms with Gasteiger partial charge < -0.3 is 10.6 Å². The van der Waals surface area contributed by atoms with Gasteiger partial charge in [0.1, 0.15) is 0 Å². The lowest BCUT2D eigenvalue weighted by molar-refractivity contribution is -0.120. The van der Waals surface area contributed by atoms with Gasteiger partial charge in [0.05, 0.1) is 17.4 Å².